The quantitative estimate of drug-likeness (QED) is 0.291. The van der Waals surface area contributed by atoms with E-state index in [0.29, 0.717) is 18.4 Å². The molecule has 0 aliphatic carbocycles. The normalized spacial score (nSPS) is 15.0. The maximum atomic E-state index is 10.7. The van der Waals surface area contributed by atoms with Crippen LogP contribution in [-0.4, -0.2) is 35.7 Å². The van der Waals surface area contributed by atoms with Crippen molar-refractivity contribution in [2.75, 3.05) is 19.6 Å². The highest BCUT2D eigenvalue weighted by Crippen LogP contribution is 2.25. The number of nitrogens with one attached hydrogen (secondary N) is 2. The molecule has 0 amide bonds. The predicted molar refractivity (Wildman–Crippen MR) is 125 cm³/mol. The van der Waals surface area contributed by atoms with Gasteiger partial charge < -0.3 is 15.7 Å². The van der Waals surface area contributed by atoms with Gasteiger partial charge in [0.05, 0.1) is 6.54 Å². The van der Waals surface area contributed by atoms with Crippen LogP contribution < -0.4 is 10.6 Å². The molecular formula is C20H31IN4OS. The molecule has 2 rings (SSSR count). The van der Waals surface area contributed by atoms with E-state index in [2.05, 4.69) is 40.5 Å². The monoisotopic (exact) mass is 502 g/mol. The first kappa shape index (κ1) is 23.8. The Labute approximate surface area is 183 Å². The number of rotatable bonds is 8. The van der Waals surface area contributed by atoms with Gasteiger partial charge >= 0.3 is 0 Å². The highest BCUT2D eigenvalue weighted by Gasteiger charge is 2.24. The summed E-state index contributed by atoms with van der Waals surface area (Å²) in [4.78, 5) is 9.77. The third kappa shape index (κ3) is 7.38. The summed E-state index contributed by atoms with van der Waals surface area (Å²) in [6.45, 7) is 10.1. The molecule has 0 aliphatic heterocycles. The van der Waals surface area contributed by atoms with Crippen molar-refractivity contribution in [3.8, 4) is 0 Å². The second-order valence-corrected chi connectivity index (χ2v) is 7.91. The molecule has 2 aromatic heterocycles. The molecule has 27 heavy (non-hydrogen) atoms. The molecule has 2 atom stereocenters. The van der Waals surface area contributed by atoms with Crippen molar-refractivity contribution in [2.45, 2.75) is 39.2 Å². The Bertz CT molecular complexity index is 675. The van der Waals surface area contributed by atoms with Crippen molar-refractivity contribution in [1.82, 2.24) is 15.6 Å². The van der Waals surface area contributed by atoms with Gasteiger partial charge in [0.15, 0.2) is 5.96 Å². The summed E-state index contributed by atoms with van der Waals surface area (Å²) in [6, 6.07) is 7.98. The van der Waals surface area contributed by atoms with Crippen LogP contribution in [0.1, 0.15) is 44.1 Å². The van der Waals surface area contributed by atoms with Crippen LogP contribution in [0.15, 0.2) is 47.0 Å². The summed E-state index contributed by atoms with van der Waals surface area (Å²) >= 11 is 1.55. The summed E-state index contributed by atoms with van der Waals surface area (Å²) < 4.78 is 0. The van der Waals surface area contributed by atoms with Crippen LogP contribution in [0.3, 0.4) is 0 Å². The van der Waals surface area contributed by atoms with E-state index in [1.807, 2.05) is 36.7 Å². The van der Waals surface area contributed by atoms with E-state index in [1.165, 1.54) is 5.56 Å². The molecule has 150 valence electrons. The Morgan fingerprint density at radius 2 is 2.07 bits per heavy atom. The molecular weight excluding hydrogens is 471 g/mol. The van der Waals surface area contributed by atoms with E-state index in [-0.39, 0.29) is 24.0 Å². The standard InChI is InChI=1S/C20H30N4OS.HI/c1-5-22-19(24-14-20(4,25)18-9-7-11-26-18)23-13-17(15(2)3)16-8-6-10-21-12-16;/h6-12,15,17,25H,5,13-14H2,1-4H3,(H2,22,23,24);1H. The second-order valence-electron chi connectivity index (χ2n) is 6.96. The zero-order valence-corrected chi connectivity index (χ0v) is 19.6. The molecule has 0 aromatic carbocycles. The average molecular weight is 502 g/mol. The summed E-state index contributed by atoms with van der Waals surface area (Å²) in [6.07, 6.45) is 3.73. The van der Waals surface area contributed by atoms with E-state index < -0.39 is 5.60 Å². The Morgan fingerprint density at radius 1 is 1.30 bits per heavy atom. The molecule has 2 aromatic rings. The van der Waals surface area contributed by atoms with Crippen molar-refractivity contribution < 1.29 is 5.11 Å². The minimum Gasteiger partial charge on any atom is -0.383 e. The fraction of sp³-hybridized carbons (Fsp3) is 0.500. The first-order valence-corrected chi connectivity index (χ1v) is 10.0. The van der Waals surface area contributed by atoms with Gasteiger partial charge in [-0.1, -0.05) is 26.0 Å². The molecule has 0 aliphatic rings. The van der Waals surface area contributed by atoms with Crippen molar-refractivity contribution >= 4 is 41.3 Å². The SMILES string of the molecule is CCNC(=NCC(C)(O)c1cccs1)NCC(c1cccnc1)C(C)C.I. The number of aliphatic imine (C=N–C) groups is 1. The Morgan fingerprint density at radius 3 is 2.63 bits per heavy atom. The maximum Gasteiger partial charge on any atom is 0.191 e. The van der Waals surface area contributed by atoms with Gasteiger partial charge in [-0.25, -0.2) is 4.99 Å². The Hall–Kier alpha value is -1.19. The summed E-state index contributed by atoms with van der Waals surface area (Å²) in [5.74, 6) is 1.54. The molecule has 0 bridgehead atoms. The lowest BCUT2D eigenvalue weighted by Crippen LogP contribution is -2.41. The van der Waals surface area contributed by atoms with Gasteiger partial charge in [0.1, 0.15) is 5.60 Å². The number of aliphatic hydroxyl groups is 1. The summed E-state index contributed by atoms with van der Waals surface area (Å²) in [7, 11) is 0. The van der Waals surface area contributed by atoms with Gasteiger partial charge in [-0.05, 0) is 42.8 Å². The van der Waals surface area contributed by atoms with Crippen molar-refractivity contribution in [1.29, 1.82) is 0 Å². The smallest absolute Gasteiger partial charge is 0.191 e. The van der Waals surface area contributed by atoms with Crippen LogP contribution in [0.5, 0.6) is 0 Å². The van der Waals surface area contributed by atoms with Crippen molar-refractivity contribution in [3.63, 3.8) is 0 Å². The largest absolute Gasteiger partial charge is 0.383 e. The number of aromatic nitrogens is 1. The van der Waals surface area contributed by atoms with Crippen molar-refractivity contribution in [3.05, 3.63) is 52.5 Å². The zero-order valence-electron chi connectivity index (χ0n) is 16.5. The Balaban J connectivity index is 0.00000364. The number of pyridine rings is 1. The van der Waals surface area contributed by atoms with Crippen LogP contribution in [0.4, 0.5) is 0 Å². The molecule has 2 heterocycles. The molecule has 0 spiro atoms. The second kappa shape index (κ2) is 11.6. The van der Waals surface area contributed by atoms with Crippen LogP contribution >= 0.6 is 35.3 Å². The Kier molecular flexibility index (Phi) is 10.3. The number of thiophene rings is 1. The van der Waals surface area contributed by atoms with Crippen LogP contribution in [0.25, 0.3) is 0 Å². The predicted octanol–water partition coefficient (Wildman–Crippen LogP) is 3.96. The third-order valence-corrected chi connectivity index (χ3v) is 5.47. The van der Waals surface area contributed by atoms with Crippen LogP contribution in [-0.2, 0) is 5.60 Å². The molecule has 0 fully saturated rings. The van der Waals surface area contributed by atoms with Crippen molar-refractivity contribution in [2.24, 2.45) is 10.9 Å². The highest BCUT2D eigenvalue weighted by atomic mass is 127. The highest BCUT2D eigenvalue weighted by molar-refractivity contribution is 14.0. The maximum absolute atomic E-state index is 10.7. The van der Waals surface area contributed by atoms with Crippen LogP contribution in [0, 0.1) is 5.92 Å². The number of guanidine groups is 1. The number of halogens is 1. The van der Waals surface area contributed by atoms with Gasteiger partial charge in [0.25, 0.3) is 0 Å². The minimum atomic E-state index is -0.961. The number of hydrogen-bond donors (Lipinski definition) is 3. The molecule has 0 saturated heterocycles. The first-order chi connectivity index (χ1) is 12.4. The molecule has 3 N–H and O–H groups in total. The topological polar surface area (TPSA) is 69.5 Å². The van der Waals surface area contributed by atoms with Gasteiger partial charge in [-0.3, -0.25) is 4.98 Å². The first-order valence-electron chi connectivity index (χ1n) is 9.12. The summed E-state index contributed by atoms with van der Waals surface area (Å²) in [5, 5.41) is 19.3. The van der Waals surface area contributed by atoms with E-state index in [1.54, 1.807) is 24.5 Å². The van der Waals surface area contributed by atoms with Gasteiger partial charge in [-0.15, -0.1) is 35.3 Å². The molecule has 5 nitrogen and oxygen atoms in total. The fourth-order valence-electron chi connectivity index (χ4n) is 2.78. The zero-order chi connectivity index (χ0) is 19.0. The van der Waals surface area contributed by atoms with Gasteiger partial charge in [0.2, 0.25) is 0 Å². The molecule has 0 saturated carbocycles. The van der Waals surface area contributed by atoms with E-state index in [4.69, 9.17) is 0 Å². The molecule has 7 heteroatoms. The minimum absolute atomic E-state index is 0. The molecule has 0 radical (unpaired) electrons. The average Bonchev–Trinajstić information content (AvgIpc) is 3.16. The lowest BCUT2D eigenvalue weighted by Gasteiger charge is -2.24. The summed E-state index contributed by atoms with van der Waals surface area (Å²) in [5.41, 5.74) is 0.258. The lowest BCUT2D eigenvalue weighted by atomic mass is 9.89. The van der Waals surface area contributed by atoms with Gasteiger partial charge in [0, 0.05) is 36.3 Å². The van der Waals surface area contributed by atoms with E-state index in [9.17, 15) is 5.11 Å². The van der Waals surface area contributed by atoms with E-state index >= 15 is 0 Å². The fourth-order valence-corrected chi connectivity index (χ4v) is 3.56. The number of nitrogens with zero attached hydrogens (tertiary/aromatic N) is 2. The van der Waals surface area contributed by atoms with Crippen LogP contribution in [0.2, 0.25) is 0 Å². The van der Waals surface area contributed by atoms with E-state index in [0.717, 1.165) is 23.9 Å². The third-order valence-electron chi connectivity index (χ3n) is 4.35. The number of hydrogen-bond acceptors (Lipinski definition) is 4. The van der Waals surface area contributed by atoms with Gasteiger partial charge in [-0.2, -0.15) is 0 Å². The molecule has 2 unspecified atom stereocenters. The lowest BCUT2D eigenvalue weighted by molar-refractivity contribution is 0.0711.